The lowest BCUT2D eigenvalue weighted by Gasteiger charge is -2.08. The standard InChI is InChI=1S/C13H20N2O2/c1-10-7-11(2)9-12(8-10)17-6-4-3-5-13(16)15-14/h7-9H,3-6,14H2,1-2H3,(H,15,16). The highest BCUT2D eigenvalue weighted by Gasteiger charge is 1.99. The molecule has 0 saturated heterocycles. The highest BCUT2D eigenvalue weighted by Crippen LogP contribution is 2.16. The van der Waals surface area contributed by atoms with Crippen molar-refractivity contribution in [2.45, 2.75) is 33.1 Å². The average molecular weight is 236 g/mol. The van der Waals surface area contributed by atoms with E-state index in [-0.39, 0.29) is 5.91 Å². The minimum atomic E-state index is -0.128. The Balaban J connectivity index is 2.24. The lowest BCUT2D eigenvalue weighted by molar-refractivity contribution is -0.121. The van der Waals surface area contributed by atoms with Crippen LogP contribution in [0.15, 0.2) is 18.2 Å². The molecular formula is C13H20N2O2. The number of benzene rings is 1. The lowest BCUT2D eigenvalue weighted by atomic mass is 10.1. The largest absolute Gasteiger partial charge is 0.494 e. The Morgan fingerprint density at radius 2 is 1.88 bits per heavy atom. The van der Waals surface area contributed by atoms with Crippen LogP contribution in [-0.2, 0) is 4.79 Å². The second-order valence-corrected chi connectivity index (χ2v) is 4.20. The van der Waals surface area contributed by atoms with Gasteiger partial charge in [-0.25, -0.2) is 5.84 Å². The van der Waals surface area contributed by atoms with Gasteiger partial charge in [-0.3, -0.25) is 10.2 Å². The molecule has 0 aromatic heterocycles. The Bertz CT molecular complexity index is 357. The van der Waals surface area contributed by atoms with Crippen molar-refractivity contribution in [2.75, 3.05) is 6.61 Å². The Labute approximate surface area is 102 Å². The molecule has 0 saturated carbocycles. The van der Waals surface area contributed by atoms with Crippen molar-refractivity contribution in [3.05, 3.63) is 29.3 Å². The van der Waals surface area contributed by atoms with E-state index in [0.717, 1.165) is 18.6 Å². The van der Waals surface area contributed by atoms with E-state index in [9.17, 15) is 4.79 Å². The quantitative estimate of drug-likeness (QED) is 0.343. The van der Waals surface area contributed by atoms with Crippen LogP contribution in [0.25, 0.3) is 0 Å². The van der Waals surface area contributed by atoms with Crippen LogP contribution >= 0.6 is 0 Å². The smallest absolute Gasteiger partial charge is 0.233 e. The second-order valence-electron chi connectivity index (χ2n) is 4.20. The van der Waals surface area contributed by atoms with E-state index in [1.165, 1.54) is 11.1 Å². The summed E-state index contributed by atoms with van der Waals surface area (Å²) in [6.45, 7) is 4.72. The van der Waals surface area contributed by atoms with Gasteiger partial charge in [0.25, 0.3) is 0 Å². The number of nitrogens with one attached hydrogen (secondary N) is 1. The first-order valence-electron chi connectivity index (χ1n) is 5.82. The van der Waals surface area contributed by atoms with E-state index in [4.69, 9.17) is 10.6 Å². The predicted octanol–water partition coefficient (Wildman–Crippen LogP) is 1.84. The molecule has 1 amide bonds. The number of nitrogens with two attached hydrogens (primary N) is 1. The van der Waals surface area contributed by atoms with Gasteiger partial charge in [-0.15, -0.1) is 0 Å². The van der Waals surface area contributed by atoms with Gasteiger partial charge in [0.15, 0.2) is 0 Å². The molecule has 1 aromatic carbocycles. The topological polar surface area (TPSA) is 64.3 Å². The molecule has 4 nitrogen and oxygen atoms in total. The van der Waals surface area contributed by atoms with Crippen molar-refractivity contribution in [1.29, 1.82) is 0 Å². The zero-order valence-corrected chi connectivity index (χ0v) is 10.5. The molecule has 0 unspecified atom stereocenters. The first kappa shape index (κ1) is 13.5. The monoisotopic (exact) mass is 236 g/mol. The summed E-state index contributed by atoms with van der Waals surface area (Å²) in [5.41, 5.74) is 4.50. The summed E-state index contributed by atoms with van der Waals surface area (Å²) in [4.78, 5) is 10.9. The predicted molar refractivity (Wildman–Crippen MR) is 67.6 cm³/mol. The Morgan fingerprint density at radius 1 is 1.24 bits per heavy atom. The molecule has 3 N–H and O–H groups in total. The van der Waals surface area contributed by atoms with Gasteiger partial charge in [0.2, 0.25) is 5.91 Å². The van der Waals surface area contributed by atoms with E-state index < -0.39 is 0 Å². The Hall–Kier alpha value is -1.55. The van der Waals surface area contributed by atoms with Crippen LogP contribution in [-0.4, -0.2) is 12.5 Å². The molecule has 1 rings (SSSR count). The fraction of sp³-hybridized carbons (Fsp3) is 0.462. The number of carbonyl (C=O) groups is 1. The van der Waals surface area contributed by atoms with Crippen molar-refractivity contribution in [3.8, 4) is 5.75 Å². The molecule has 0 spiro atoms. The first-order chi connectivity index (χ1) is 8.11. The van der Waals surface area contributed by atoms with E-state index in [2.05, 4.69) is 11.5 Å². The van der Waals surface area contributed by atoms with Crippen molar-refractivity contribution in [1.82, 2.24) is 5.43 Å². The number of ether oxygens (including phenoxy) is 1. The number of carbonyl (C=O) groups excluding carboxylic acids is 1. The fourth-order valence-corrected chi connectivity index (χ4v) is 1.67. The summed E-state index contributed by atoms with van der Waals surface area (Å²) in [6.07, 6.45) is 2.08. The van der Waals surface area contributed by atoms with Gasteiger partial charge in [-0.2, -0.15) is 0 Å². The van der Waals surface area contributed by atoms with Crippen LogP contribution in [0, 0.1) is 13.8 Å². The minimum absolute atomic E-state index is 0.128. The molecule has 0 aliphatic heterocycles. The summed E-state index contributed by atoms with van der Waals surface area (Å²) in [7, 11) is 0. The maximum atomic E-state index is 10.9. The molecule has 0 bridgehead atoms. The zero-order valence-electron chi connectivity index (χ0n) is 10.5. The van der Waals surface area contributed by atoms with Crippen LogP contribution in [0.4, 0.5) is 0 Å². The highest BCUT2D eigenvalue weighted by molar-refractivity contribution is 5.75. The summed E-state index contributed by atoms with van der Waals surface area (Å²) in [5.74, 6) is 5.75. The third-order valence-corrected chi connectivity index (χ3v) is 2.42. The van der Waals surface area contributed by atoms with Crippen LogP contribution in [0.1, 0.15) is 30.4 Å². The summed E-state index contributed by atoms with van der Waals surface area (Å²) in [5, 5.41) is 0. The van der Waals surface area contributed by atoms with Crippen molar-refractivity contribution < 1.29 is 9.53 Å². The summed E-state index contributed by atoms with van der Waals surface area (Å²) < 4.78 is 5.62. The number of hydrogen-bond donors (Lipinski definition) is 2. The van der Waals surface area contributed by atoms with Crippen molar-refractivity contribution >= 4 is 5.91 Å². The fourth-order valence-electron chi connectivity index (χ4n) is 1.67. The molecule has 0 heterocycles. The highest BCUT2D eigenvalue weighted by atomic mass is 16.5. The SMILES string of the molecule is Cc1cc(C)cc(OCCCCC(=O)NN)c1. The third-order valence-electron chi connectivity index (χ3n) is 2.42. The van der Waals surface area contributed by atoms with Gasteiger partial charge in [-0.05, 0) is 49.9 Å². The summed E-state index contributed by atoms with van der Waals surface area (Å²) >= 11 is 0. The number of aryl methyl sites for hydroxylation is 2. The van der Waals surface area contributed by atoms with Crippen molar-refractivity contribution in [3.63, 3.8) is 0 Å². The molecule has 0 fully saturated rings. The van der Waals surface area contributed by atoms with Gasteiger partial charge < -0.3 is 4.74 Å². The minimum Gasteiger partial charge on any atom is -0.494 e. The number of hydrogen-bond acceptors (Lipinski definition) is 3. The zero-order chi connectivity index (χ0) is 12.7. The molecule has 0 aliphatic rings. The van der Waals surface area contributed by atoms with E-state index >= 15 is 0 Å². The lowest BCUT2D eigenvalue weighted by Crippen LogP contribution is -2.29. The molecule has 0 atom stereocenters. The Kier molecular flexibility index (Phi) is 5.49. The number of hydrazine groups is 1. The average Bonchev–Trinajstić information content (AvgIpc) is 2.27. The Morgan fingerprint density at radius 3 is 2.47 bits per heavy atom. The van der Waals surface area contributed by atoms with E-state index in [0.29, 0.717) is 13.0 Å². The molecular weight excluding hydrogens is 216 g/mol. The van der Waals surface area contributed by atoms with Crippen LogP contribution in [0.3, 0.4) is 0 Å². The molecule has 4 heteroatoms. The molecule has 17 heavy (non-hydrogen) atoms. The van der Waals surface area contributed by atoms with Crippen LogP contribution in [0.2, 0.25) is 0 Å². The molecule has 0 aliphatic carbocycles. The molecule has 1 aromatic rings. The van der Waals surface area contributed by atoms with E-state index in [1.54, 1.807) is 0 Å². The van der Waals surface area contributed by atoms with Crippen LogP contribution in [0.5, 0.6) is 5.75 Å². The third kappa shape index (κ3) is 5.36. The van der Waals surface area contributed by atoms with Gasteiger partial charge in [0, 0.05) is 6.42 Å². The van der Waals surface area contributed by atoms with Crippen molar-refractivity contribution in [2.24, 2.45) is 5.84 Å². The number of rotatable bonds is 6. The maximum absolute atomic E-state index is 10.9. The maximum Gasteiger partial charge on any atom is 0.233 e. The number of amides is 1. The van der Waals surface area contributed by atoms with Gasteiger partial charge in [-0.1, -0.05) is 6.07 Å². The first-order valence-corrected chi connectivity index (χ1v) is 5.82. The molecule has 0 radical (unpaired) electrons. The molecule has 94 valence electrons. The van der Waals surface area contributed by atoms with E-state index in [1.807, 2.05) is 26.0 Å². The summed E-state index contributed by atoms with van der Waals surface area (Å²) in [6, 6.07) is 6.14. The second kappa shape index (κ2) is 6.91. The normalized spacial score (nSPS) is 10.1. The van der Waals surface area contributed by atoms with Gasteiger partial charge in [0.1, 0.15) is 5.75 Å². The van der Waals surface area contributed by atoms with Gasteiger partial charge >= 0.3 is 0 Å². The number of unbranched alkanes of at least 4 members (excludes halogenated alkanes) is 1. The van der Waals surface area contributed by atoms with Crippen LogP contribution < -0.4 is 16.0 Å². The van der Waals surface area contributed by atoms with Gasteiger partial charge in [0.05, 0.1) is 6.61 Å².